The fourth-order valence-electron chi connectivity index (χ4n) is 4.62. The van der Waals surface area contributed by atoms with Gasteiger partial charge in [0.1, 0.15) is 0 Å². The molecule has 184 valence electrons. The number of hydrogen-bond donors (Lipinski definition) is 1. The van der Waals surface area contributed by atoms with E-state index in [1.807, 2.05) is 0 Å². The van der Waals surface area contributed by atoms with E-state index in [1.165, 1.54) is 11.7 Å². The number of aliphatic hydroxyl groups is 1. The molecule has 8 nitrogen and oxygen atoms in total. The molecule has 1 fully saturated rings. The second kappa shape index (κ2) is 9.98. The van der Waals surface area contributed by atoms with Gasteiger partial charge in [-0.05, 0) is 55.2 Å². The van der Waals surface area contributed by atoms with Gasteiger partial charge in [-0.2, -0.15) is 0 Å². The van der Waals surface area contributed by atoms with E-state index in [0.29, 0.717) is 54.0 Å². The molecule has 0 saturated carbocycles. The van der Waals surface area contributed by atoms with E-state index in [2.05, 4.69) is 5.92 Å². The van der Waals surface area contributed by atoms with Crippen molar-refractivity contribution < 1.29 is 19.3 Å². The van der Waals surface area contributed by atoms with Gasteiger partial charge in [0.25, 0.3) is 5.56 Å². The largest absolute Gasteiger partial charge is 0.493 e. The minimum Gasteiger partial charge on any atom is -0.493 e. The third kappa shape index (κ3) is 4.70. The average molecular weight is 479 g/mol. The zero-order valence-electron chi connectivity index (χ0n) is 20.2. The summed E-state index contributed by atoms with van der Waals surface area (Å²) in [7, 11) is 3.08. The zero-order chi connectivity index (χ0) is 25.2. The monoisotopic (exact) mass is 478 g/mol. The second-order valence-corrected chi connectivity index (χ2v) is 8.96. The molecule has 1 N–H and O–H groups in total. The van der Waals surface area contributed by atoms with Crippen LogP contribution in [0.5, 0.6) is 11.5 Å². The molecule has 0 amide bonds. The Kier molecular flexibility index (Phi) is 7.01. The van der Waals surface area contributed by atoms with Crippen molar-refractivity contribution >= 4 is 10.9 Å². The maximum Gasteiger partial charge on any atom is 0.332 e. The van der Waals surface area contributed by atoms with Crippen molar-refractivity contribution in [3.8, 4) is 23.8 Å². The van der Waals surface area contributed by atoms with Gasteiger partial charge >= 0.3 is 5.69 Å². The van der Waals surface area contributed by atoms with Crippen LogP contribution in [0.1, 0.15) is 43.4 Å². The van der Waals surface area contributed by atoms with Gasteiger partial charge in [0.15, 0.2) is 11.5 Å². The number of terminal acetylenes is 1. The Morgan fingerprint density at radius 3 is 2.49 bits per heavy atom. The van der Waals surface area contributed by atoms with Crippen molar-refractivity contribution in [1.82, 2.24) is 9.13 Å². The summed E-state index contributed by atoms with van der Waals surface area (Å²) in [5, 5.41) is 11.2. The smallest absolute Gasteiger partial charge is 0.332 e. The summed E-state index contributed by atoms with van der Waals surface area (Å²) in [4.78, 5) is 27.4. The minimum atomic E-state index is -1.30. The molecular weight excluding hydrogens is 448 g/mol. The van der Waals surface area contributed by atoms with Gasteiger partial charge in [0.2, 0.25) is 0 Å². The Hall–Kier alpha value is -3.54. The van der Waals surface area contributed by atoms with E-state index in [9.17, 15) is 14.7 Å². The minimum absolute atomic E-state index is 0.0577. The number of fused-ring (bicyclic) bond motifs is 1. The van der Waals surface area contributed by atoms with Gasteiger partial charge in [0, 0.05) is 25.7 Å². The zero-order valence-corrected chi connectivity index (χ0v) is 20.2. The lowest BCUT2D eigenvalue weighted by Gasteiger charge is -2.27. The predicted molar refractivity (Wildman–Crippen MR) is 133 cm³/mol. The van der Waals surface area contributed by atoms with Crippen LogP contribution < -0.4 is 20.7 Å². The fourth-order valence-corrected chi connectivity index (χ4v) is 4.62. The molecule has 3 aromatic rings. The lowest BCUT2D eigenvalue weighted by atomic mass is 9.92. The predicted octanol–water partition coefficient (Wildman–Crippen LogP) is 2.81. The van der Waals surface area contributed by atoms with Crippen LogP contribution in [0.2, 0.25) is 0 Å². The molecule has 0 aliphatic carbocycles. The van der Waals surface area contributed by atoms with E-state index in [1.54, 1.807) is 55.0 Å². The van der Waals surface area contributed by atoms with Gasteiger partial charge in [-0.1, -0.05) is 12.1 Å². The molecule has 1 atom stereocenters. The Morgan fingerprint density at radius 1 is 1.11 bits per heavy atom. The number of aromatic nitrogens is 2. The fraction of sp³-hybridized carbons (Fsp3) is 0.407. The molecule has 1 aliphatic heterocycles. The van der Waals surface area contributed by atoms with Crippen LogP contribution in [-0.2, 0) is 16.9 Å². The van der Waals surface area contributed by atoms with E-state index in [-0.39, 0.29) is 24.7 Å². The summed E-state index contributed by atoms with van der Waals surface area (Å²) < 4.78 is 19.1. The summed E-state index contributed by atoms with van der Waals surface area (Å²) in [5.74, 6) is 3.55. The molecule has 0 radical (unpaired) electrons. The maximum atomic E-state index is 13.7. The molecule has 8 heteroatoms. The Bertz CT molecular complexity index is 1390. The van der Waals surface area contributed by atoms with Gasteiger partial charge < -0.3 is 19.3 Å². The summed E-state index contributed by atoms with van der Waals surface area (Å²) in [6, 6.07) is 10.3. The first-order chi connectivity index (χ1) is 16.8. The van der Waals surface area contributed by atoms with Gasteiger partial charge in [-0.3, -0.25) is 13.9 Å². The first-order valence-corrected chi connectivity index (χ1v) is 11.5. The SMILES string of the molecule is C#CCC(C)(O)c1ccc2c(c1)c(=O)n(Cc1ccc(OC)c(OC)c1)c(=O)n2C1CCOCC1. The van der Waals surface area contributed by atoms with Gasteiger partial charge in [-0.25, -0.2) is 4.79 Å². The molecule has 1 aromatic heterocycles. The maximum absolute atomic E-state index is 13.7. The van der Waals surface area contributed by atoms with Crippen molar-refractivity contribution in [2.75, 3.05) is 27.4 Å². The molecule has 2 heterocycles. The third-order valence-corrected chi connectivity index (χ3v) is 6.58. The van der Waals surface area contributed by atoms with Crippen LogP contribution in [0.3, 0.4) is 0 Å². The van der Waals surface area contributed by atoms with Crippen molar-refractivity contribution in [2.45, 2.75) is 44.4 Å². The highest BCUT2D eigenvalue weighted by atomic mass is 16.5. The Labute approximate surface area is 203 Å². The van der Waals surface area contributed by atoms with Crippen molar-refractivity contribution in [1.29, 1.82) is 0 Å². The molecule has 1 unspecified atom stereocenters. The van der Waals surface area contributed by atoms with Gasteiger partial charge in [0.05, 0.1) is 37.3 Å². The normalized spacial score (nSPS) is 16.0. The first kappa shape index (κ1) is 24.6. The number of rotatable bonds is 7. The number of ether oxygens (including phenoxy) is 3. The molecular formula is C27H30N2O6. The van der Waals surface area contributed by atoms with Crippen molar-refractivity contribution in [2.24, 2.45) is 0 Å². The van der Waals surface area contributed by atoms with Crippen LogP contribution in [0, 0.1) is 12.3 Å². The highest BCUT2D eigenvalue weighted by molar-refractivity contribution is 5.79. The summed E-state index contributed by atoms with van der Waals surface area (Å²) >= 11 is 0. The highest BCUT2D eigenvalue weighted by Crippen LogP contribution is 2.30. The van der Waals surface area contributed by atoms with E-state index in [4.69, 9.17) is 20.6 Å². The van der Waals surface area contributed by atoms with E-state index < -0.39 is 11.2 Å². The average Bonchev–Trinajstić information content (AvgIpc) is 2.87. The summed E-state index contributed by atoms with van der Waals surface area (Å²) in [6.07, 6.45) is 6.87. The number of nitrogens with zero attached hydrogens (tertiary/aromatic N) is 2. The molecule has 0 spiro atoms. The standard InChI is InChI=1S/C27H30N2O6/c1-5-12-27(2,32)19-7-8-22-21(16-19)25(30)28(26(31)29(22)20-10-13-35-14-11-20)17-18-6-9-23(33-3)24(15-18)34-4/h1,6-9,15-16,20,32H,10-14,17H2,2-4H3. The van der Waals surface area contributed by atoms with Gasteiger partial charge in [-0.15, -0.1) is 12.3 Å². The van der Waals surface area contributed by atoms with Crippen LogP contribution in [0.15, 0.2) is 46.0 Å². The quantitative estimate of drug-likeness (QED) is 0.525. The van der Waals surface area contributed by atoms with Crippen LogP contribution in [0.25, 0.3) is 10.9 Å². The van der Waals surface area contributed by atoms with Crippen molar-refractivity contribution in [3.05, 3.63) is 68.4 Å². The van der Waals surface area contributed by atoms with Crippen molar-refractivity contribution in [3.63, 3.8) is 0 Å². The number of hydrogen-bond acceptors (Lipinski definition) is 6. The molecule has 35 heavy (non-hydrogen) atoms. The Morgan fingerprint density at radius 2 is 1.83 bits per heavy atom. The molecule has 1 aliphatic rings. The number of methoxy groups -OCH3 is 2. The molecule has 2 aromatic carbocycles. The van der Waals surface area contributed by atoms with E-state index in [0.717, 1.165) is 5.56 Å². The highest BCUT2D eigenvalue weighted by Gasteiger charge is 2.26. The topological polar surface area (TPSA) is 91.9 Å². The van der Waals surface area contributed by atoms with Crippen LogP contribution >= 0.6 is 0 Å². The molecule has 4 rings (SSSR count). The second-order valence-electron chi connectivity index (χ2n) is 8.96. The molecule has 0 bridgehead atoms. The van der Waals surface area contributed by atoms with Crippen LogP contribution in [-0.4, -0.2) is 41.7 Å². The lowest BCUT2D eigenvalue weighted by molar-refractivity contribution is 0.0630. The summed E-state index contributed by atoms with van der Waals surface area (Å²) in [5.41, 5.74) is -0.335. The molecule has 1 saturated heterocycles. The lowest BCUT2D eigenvalue weighted by Crippen LogP contribution is -2.42. The first-order valence-electron chi connectivity index (χ1n) is 11.5. The Balaban J connectivity index is 1.93. The number of benzene rings is 2. The van der Waals surface area contributed by atoms with E-state index >= 15 is 0 Å². The third-order valence-electron chi connectivity index (χ3n) is 6.58. The van der Waals surface area contributed by atoms with Crippen LogP contribution in [0.4, 0.5) is 0 Å². The summed E-state index contributed by atoms with van der Waals surface area (Å²) in [6.45, 7) is 2.76.